The summed E-state index contributed by atoms with van der Waals surface area (Å²) in [6.07, 6.45) is -0.434. The predicted molar refractivity (Wildman–Crippen MR) is 43.7 cm³/mol. The van der Waals surface area contributed by atoms with E-state index >= 15 is 0 Å². The Morgan fingerprint density at radius 1 is 1.38 bits per heavy atom. The van der Waals surface area contributed by atoms with Crippen LogP contribution in [-0.2, 0) is 9.47 Å². The van der Waals surface area contributed by atoms with Crippen LogP contribution in [-0.4, -0.2) is 39.5 Å². The fourth-order valence-corrected chi connectivity index (χ4v) is 1.61. The van der Waals surface area contributed by atoms with Gasteiger partial charge in [-0.3, -0.25) is 0 Å². The van der Waals surface area contributed by atoms with Gasteiger partial charge >= 0.3 is 0 Å². The molecule has 1 N–H and O–H groups in total. The molecule has 0 spiro atoms. The number of methoxy groups -OCH3 is 2. The van der Waals surface area contributed by atoms with Gasteiger partial charge in [0.15, 0.2) is 6.29 Å². The molecule has 1 atom stereocenters. The number of rotatable bonds is 3. The lowest BCUT2D eigenvalue weighted by atomic mass is 9.93. The average Bonchev–Trinajstić information content (AvgIpc) is 2.09. The van der Waals surface area contributed by atoms with Crippen LogP contribution in [0.15, 0.2) is 0 Å². The summed E-state index contributed by atoms with van der Waals surface area (Å²) in [6, 6.07) is 0. The van der Waals surface area contributed by atoms with Gasteiger partial charge in [-0.05, 0) is 13.0 Å². The minimum atomic E-state index is -2.74. The van der Waals surface area contributed by atoms with Crippen molar-refractivity contribution in [3.8, 4) is 0 Å². The second-order valence-corrected chi connectivity index (χ2v) is 3.17. The molecule has 0 aliphatic carbocycles. The van der Waals surface area contributed by atoms with Crippen molar-refractivity contribution in [1.29, 1.82) is 0 Å². The summed E-state index contributed by atoms with van der Waals surface area (Å²) in [5, 5.41) is 2.65. The molecule has 0 aromatic carbocycles. The number of halogens is 2. The van der Waals surface area contributed by atoms with Crippen molar-refractivity contribution < 1.29 is 18.3 Å². The molecular formula is C8H15F2NO2. The van der Waals surface area contributed by atoms with Crippen LogP contribution in [0.1, 0.15) is 6.42 Å². The quantitative estimate of drug-likeness (QED) is 0.677. The van der Waals surface area contributed by atoms with Crippen molar-refractivity contribution >= 4 is 0 Å². The summed E-state index contributed by atoms with van der Waals surface area (Å²) in [5.41, 5.74) is 0. The minimum Gasteiger partial charge on any atom is -0.355 e. The monoisotopic (exact) mass is 195 g/mol. The van der Waals surface area contributed by atoms with E-state index in [0.29, 0.717) is 13.0 Å². The number of hydrogen-bond acceptors (Lipinski definition) is 3. The molecule has 0 radical (unpaired) electrons. The van der Waals surface area contributed by atoms with Gasteiger partial charge in [-0.15, -0.1) is 0 Å². The summed E-state index contributed by atoms with van der Waals surface area (Å²) in [7, 11) is 2.76. The Morgan fingerprint density at radius 2 is 2.00 bits per heavy atom. The van der Waals surface area contributed by atoms with Crippen LogP contribution in [0.3, 0.4) is 0 Å². The molecule has 0 saturated carbocycles. The van der Waals surface area contributed by atoms with Gasteiger partial charge in [0.1, 0.15) is 0 Å². The van der Waals surface area contributed by atoms with Gasteiger partial charge in [-0.25, -0.2) is 8.78 Å². The SMILES string of the molecule is COC(OC)C1CCNCC1(F)F. The second kappa shape index (κ2) is 4.30. The highest BCUT2D eigenvalue weighted by molar-refractivity contribution is 4.86. The molecule has 3 nitrogen and oxygen atoms in total. The first-order valence-electron chi connectivity index (χ1n) is 4.26. The van der Waals surface area contributed by atoms with Crippen molar-refractivity contribution in [3.63, 3.8) is 0 Å². The normalized spacial score (nSPS) is 27.9. The highest BCUT2D eigenvalue weighted by Gasteiger charge is 2.46. The lowest BCUT2D eigenvalue weighted by molar-refractivity contribution is -0.209. The van der Waals surface area contributed by atoms with Gasteiger partial charge < -0.3 is 14.8 Å². The molecule has 1 rings (SSSR count). The van der Waals surface area contributed by atoms with E-state index < -0.39 is 18.1 Å². The van der Waals surface area contributed by atoms with E-state index in [2.05, 4.69) is 5.32 Å². The van der Waals surface area contributed by atoms with Gasteiger partial charge in [0.25, 0.3) is 5.92 Å². The van der Waals surface area contributed by atoms with Gasteiger partial charge in [0.05, 0.1) is 12.5 Å². The maximum atomic E-state index is 13.3. The topological polar surface area (TPSA) is 30.5 Å². The predicted octanol–water partition coefficient (Wildman–Crippen LogP) is 0.850. The summed E-state index contributed by atoms with van der Waals surface area (Å²) in [6.45, 7) is 0.296. The molecule has 1 heterocycles. The summed E-state index contributed by atoms with van der Waals surface area (Å²) < 4.78 is 36.2. The van der Waals surface area contributed by atoms with Crippen LogP contribution in [0, 0.1) is 5.92 Å². The number of hydrogen-bond donors (Lipinski definition) is 1. The lowest BCUT2D eigenvalue weighted by Crippen LogP contribution is -2.51. The van der Waals surface area contributed by atoms with Crippen molar-refractivity contribution in [1.82, 2.24) is 5.32 Å². The number of alkyl halides is 2. The van der Waals surface area contributed by atoms with Crippen LogP contribution < -0.4 is 5.32 Å². The first-order valence-corrected chi connectivity index (χ1v) is 4.26. The zero-order chi connectivity index (χ0) is 9.90. The third-order valence-corrected chi connectivity index (χ3v) is 2.33. The van der Waals surface area contributed by atoms with E-state index in [4.69, 9.17) is 9.47 Å². The third kappa shape index (κ3) is 2.36. The molecule has 1 saturated heterocycles. The zero-order valence-corrected chi connectivity index (χ0v) is 7.85. The molecule has 0 amide bonds. The summed E-state index contributed by atoms with van der Waals surface area (Å²) >= 11 is 0. The molecule has 13 heavy (non-hydrogen) atoms. The largest absolute Gasteiger partial charge is 0.355 e. The van der Waals surface area contributed by atoms with Crippen LogP contribution >= 0.6 is 0 Å². The Labute approximate surface area is 76.4 Å². The second-order valence-electron chi connectivity index (χ2n) is 3.17. The lowest BCUT2D eigenvalue weighted by Gasteiger charge is -2.35. The maximum absolute atomic E-state index is 13.3. The molecule has 1 aliphatic rings. The Hall–Kier alpha value is -0.260. The van der Waals surface area contributed by atoms with Crippen LogP contribution in [0.25, 0.3) is 0 Å². The smallest absolute Gasteiger partial charge is 0.267 e. The average molecular weight is 195 g/mol. The Balaban J connectivity index is 2.63. The van der Waals surface area contributed by atoms with Crippen LogP contribution in [0.5, 0.6) is 0 Å². The van der Waals surface area contributed by atoms with E-state index in [9.17, 15) is 8.78 Å². The highest BCUT2D eigenvalue weighted by Crippen LogP contribution is 2.33. The van der Waals surface area contributed by atoms with Crippen molar-refractivity contribution in [2.45, 2.75) is 18.6 Å². The first-order chi connectivity index (χ1) is 6.11. The van der Waals surface area contributed by atoms with Gasteiger partial charge in [-0.1, -0.05) is 0 Å². The molecular weight excluding hydrogens is 180 g/mol. The van der Waals surface area contributed by atoms with E-state index in [1.54, 1.807) is 0 Å². The van der Waals surface area contributed by atoms with Crippen LogP contribution in [0.4, 0.5) is 8.78 Å². The Kier molecular flexibility index (Phi) is 3.58. The van der Waals surface area contributed by atoms with Gasteiger partial charge in [0, 0.05) is 14.2 Å². The van der Waals surface area contributed by atoms with Gasteiger partial charge in [-0.2, -0.15) is 0 Å². The van der Waals surface area contributed by atoms with Gasteiger partial charge in [0.2, 0.25) is 0 Å². The van der Waals surface area contributed by atoms with E-state index in [-0.39, 0.29) is 6.54 Å². The molecule has 1 fully saturated rings. The molecule has 1 unspecified atom stereocenters. The Bertz CT molecular complexity index is 162. The van der Waals surface area contributed by atoms with Crippen LogP contribution in [0.2, 0.25) is 0 Å². The molecule has 0 bridgehead atoms. The maximum Gasteiger partial charge on any atom is 0.267 e. The minimum absolute atomic E-state index is 0.291. The fraction of sp³-hybridized carbons (Fsp3) is 1.00. The number of nitrogens with one attached hydrogen (secondary N) is 1. The molecule has 0 aromatic heterocycles. The van der Waals surface area contributed by atoms with Crippen molar-refractivity contribution in [2.75, 3.05) is 27.3 Å². The first kappa shape index (κ1) is 10.8. The van der Waals surface area contributed by atoms with E-state index in [0.717, 1.165) is 0 Å². The molecule has 0 aromatic rings. The molecule has 1 aliphatic heterocycles. The third-order valence-electron chi connectivity index (χ3n) is 2.33. The van der Waals surface area contributed by atoms with E-state index in [1.165, 1.54) is 14.2 Å². The molecule has 5 heteroatoms. The zero-order valence-electron chi connectivity index (χ0n) is 7.85. The number of piperidine rings is 1. The molecule has 78 valence electrons. The fourth-order valence-electron chi connectivity index (χ4n) is 1.61. The highest BCUT2D eigenvalue weighted by atomic mass is 19.3. The Morgan fingerprint density at radius 3 is 2.46 bits per heavy atom. The number of ether oxygens (including phenoxy) is 2. The van der Waals surface area contributed by atoms with Crippen molar-refractivity contribution in [3.05, 3.63) is 0 Å². The van der Waals surface area contributed by atoms with E-state index in [1.807, 2.05) is 0 Å². The van der Waals surface area contributed by atoms with Crippen molar-refractivity contribution in [2.24, 2.45) is 5.92 Å². The summed E-state index contributed by atoms with van der Waals surface area (Å²) in [4.78, 5) is 0. The standard InChI is InChI=1S/C8H15F2NO2/c1-12-7(13-2)6-3-4-11-5-8(6,9)10/h6-7,11H,3-5H2,1-2H3. The summed E-state index contributed by atoms with van der Waals surface area (Å²) in [5.74, 6) is -3.58.